The van der Waals surface area contributed by atoms with Gasteiger partial charge in [-0.1, -0.05) is 12.1 Å². The molecule has 2 N–H and O–H groups in total. The first-order chi connectivity index (χ1) is 8.15. The van der Waals surface area contributed by atoms with Crippen molar-refractivity contribution in [1.82, 2.24) is 4.90 Å². The summed E-state index contributed by atoms with van der Waals surface area (Å²) in [6.07, 6.45) is 0.113. The molecule has 0 saturated carbocycles. The summed E-state index contributed by atoms with van der Waals surface area (Å²) in [5.41, 5.74) is 5.97. The van der Waals surface area contributed by atoms with Crippen LogP contribution in [0.4, 0.5) is 0 Å². The van der Waals surface area contributed by atoms with Crippen LogP contribution in [-0.2, 0) is 4.79 Å². The lowest BCUT2D eigenvalue weighted by molar-refractivity contribution is -0.117. The average Bonchev–Trinajstić information content (AvgIpc) is 2.60. The molecule has 0 saturated heterocycles. The molecule has 0 aliphatic carbocycles. The molecule has 0 radical (unpaired) electrons. The maximum Gasteiger partial charge on any atom is 0.261 e. The molecule has 0 atom stereocenters. The quantitative estimate of drug-likeness (QED) is 0.752. The first kappa shape index (κ1) is 11.5. The van der Waals surface area contributed by atoms with E-state index in [1.165, 1.54) is 0 Å². The average molecular weight is 232 g/mol. The van der Waals surface area contributed by atoms with E-state index < -0.39 is 0 Å². The van der Waals surface area contributed by atoms with Crippen LogP contribution in [0.1, 0.15) is 27.1 Å². The second-order valence-electron chi connectivity index (χ2n) is 3.80. The number of Topliss-reactive ketones (excluding diaryl/α,β-unsaturated/α-hetero) is 1. The summed E-state index contributed by atoms with van der Waals surface area (Å²) in [5, 5.41) is 0. The predicted molar refractivity (Wildman–Crippen MR) is 60.5 cm³/mol. The summed E-state index contributed by atoms with van der Waals surface area (Å²) < 4.78 is 0. The van der Waals surface area contributed by atoms with E-state index >= 15 is 0 Å². The zero-order valence-electron chi connectivity index (χ0n) is 9.18. The van der Waals surface area contributed by atoms with E-state index in [0.717, 1.165) is 4.90 Å². The predicted octanol–water partition coefficient (Wildman–Crippen LogP) is 0.200. The van der Waals surface area contributed by atoms with Crippen molar-refractivity contribution in [3.63, 3.8) is 0 Å². The number of nitrogens with zero attached hydrogens (tertiary/aromatic N) is 1. The third-order valence-electron chi connectivity index (χ3n) is 2.72. The zero-order chi connectivity index (χ0) is 12.4. The lowest BCUT2D eigenvalue weighted by atomic mass is 10.1. The number of amides is 2. The minimum Gasteiger partial charge on any atom is -0.324 e. The first-order valence-corrected chi connectivity index (χ1v) is 5.32. The Morgan fingerprint density at radius 3 is 2.12 bits per heavy atom. The molecule has 0 bridgehead atoms. The Balaban J connectivity index is 2.16. The Morgan fingerprint density at radius 1 is 1.12 bits per heavy atom. The molecule has 1 aromatic carbocycles. The Bertz CT molecular complexity index is 461. The van der Waals surface area contributed by atoms with Gasteiger partial charge < -0.3 is 5.73 Å². The number of hydrogen-bond acceptors (Lipinski definition) is 4. The molecule has 0 spiro atoms. The number of imide groups is 1. The van der Waals surface area contributed by atoms with Crippen LogP contribution in [-0.4, -0.2) is 35.6 Å². The molecule has 0 unspecified atom stereocenters. The minimum absolute atomic E-state index is 0.0663. The van der Waals surface area contributed by atoms with Gasteiger partial charge in [-0.3, -0.25) is 19.3 Å². The van der Waals surface area contributed by atoms with Gasteiger partial charge in [0.2, 0.25) is 0 Å². The van der Waals surface area contributed by atoms with Gasteiger partial charge in [-0.2, -0.15) is 0 Å². The molecule has 1 aliphatic heterocycles. The van der Waals surface area contributed by atoms with Gasteiger partial charge in [0.1, 0.15) is 5.78 Å². The number of nitrogens with two attached hydrogens (primary N) is 1. The van der Waals surface area contributed by atoms with Crippen molar-refractivity contribution in [3.05, 3.63) is 35.4 Å². The highest BCUT2D eigenvalue weighted by atomic mass is 16.2. The molecule has 0 aromatic heterocycles. The van der Waals surface area contributed by atoms with Gasteiger partial charge in [-0.25, -0.2) is 0 Å². The van der Waals surface area contributed by atoms with Crippen LogP contribution in [0.25, 0.3) is 0 Å². The van der Waals surface area contributed by atoms with E-state index in [4.69, 9.17) is 5.73 Å². The van der Waals surface area contributed by atoms with Crippen molar-refractivity contribution in [2.24, 2.45) is 5.73 Å². The van der Waals surface area contributed by atoms with Gasteiger partial charge >= 0.3 is 0 Å². The third kappa shape index (κ3) is 1.97. The molecule has 2 rings (SSSR count). The normalized spacial score (nSPS) is 14.1. The summed E-state index contributed by atoms with van der Waals surface area (Å²) >= 11 is 0. The van der Waals surface area contributed by atoms with Gasteiger partial charge in [0.15, 0.2) is 0 Å². The van der Waals surface area contributed by atoms with Crippen LogP contribution in [0.3, 0.4) is 0 Å². The van der Waals surface area contributed by atoms with Crippen molar-refractivity contribution in [2.45, 2.75) is 6.42 Å². The topological polar surface area (TPSA) is 80.5 Å². The number of benzene rings is 1. The number of hydrogen-bond donors (Lipinski definition) is 1. The number of ketones is 1. The maximum atomic E-state index is 11.9. The molecule has 2 amide bonds. The Morgan fingerprint density at radius 2 is 1.65 bits per heavy atom. The number of rotatable bonds is 4. The first-order valence-electron chi connectivity index (χ1n) is 5.32. The van der Waals surface area contributed by atoms with Crippen LogP contribution in [0, 0.1) is 0 Å². The highest BCUT2D eigenvalue weighted by Gasteiger charge is 2.34. The van der Waals surface area contributed by atoms with Crippen molar-refractivity contribution in [1.29, 1.82) is 0 Å². The van der Waals surface area contributed by atoms with Gasteiger partial charge in [-0.15, -0.1) is 0 Å². The summed E-state index contributed by atoms with van der Waals surface area (Å²) in [6.45, 7) is 0.0333. The number of carbonyl (C=O) groups excluding carboxylic acids is 3. The highest BCUT2D eigenvalue weighted by Crippen LogP contribution is 2.22. The van der Waals surface area contributed by atoms with Crippen LogP contribution in [0.5, 0.6) is 0 Å². The molecule has 1 aromatic rings. The SMILES string of the molecule is NCC(=O)CCN1C(=O)c2ccccc2C1=O. The van der Waals surface area contributed by atoms with Gasteiger partial charge in [0, 0.05) is 13.0 Å². The van der Waals surface area contributed by atoms with E-state index in [1.807, 2.05) is 0 Å². The van der Waals surface area contributed by atoms with Crippen molar-refractivity contribution < 1.29 is 14.4 Å². The number of fused-ring (bicyclic) bond motifs is 1. The van der Waals surface area contributed by atoms with Crippen LogP contribution < -0.4 is 5.73 Å². The molecule has 0 fully saturated rings. The summed E-state index contributed by atoms with van der Waals surface area (Å²) in [5.74, 6) is -0.840. The van der Waals surface area contributed by atoms with E-state index in [9.17, 15) is 14.4 Å². The molecule has 1 heterocycles. The second-order valence-corrected chi connectivity index (χ2v) is 3.80. The Hall–Kier alpha value is -2.01. The lowest BCUT2D eigenvalue weighted by Crippen LogP contribution is -2.32. The summed E-state index contributed by atoms with van der Waals surface area (Å²) in [7, 11) is 0. The van der Waals surface area contributed by atoms with Gasteiger partial charge in [0.05, 0.1) is 17.7 Å². The van der Waals surface area contributed by atoms with E-state index in [0.29, 0.717) is 11.1 Å². The van der Waals surface area contributed by atoms with E-state index in [1.54, 1.807) is 24.3 Å². The third-order valence-corrected chi connectivity index (χ3v) is 2.72. The number of carbonyl (C=O) groups is 3. The van der Waals surface area contributed by atoms with Crippen LogP contribution in [0.15, 0.2) is 24.3 Å². The summed E-state index contributed by atoms with van der Waals surface area (Å²) in [6, 6.07) is 6.64. The van der Waals surface area contributed by atoms with Gasteiger partial charge in [-0.05, 0) is 12.1 Å². The largest absolute Gasteiger partial charge is 0.324 e. The van der Waals surface area contributed by atoms with Crippen LogP contribution >= 0.6 is 0 Å². The smallest absolute Gasteiger partial charge is 0.261 e. The molecular formula is C12H12N2O3. The molecule has 1 aliphatic rings. The molecule has 88 valence electrons. The van der Waals surface area contributed by atoms with Crippen molar-refractivity contribution >= 4 is 17.6 Å². The molecule has 17 heavy (non-hydrogen) atoms. The standard InChI is InChI=1S/C12H12N2O3/c13-7-8(15)5-6-14-11(16)9-3-1-2-4-10(9)12(14)17/h1-4H,5-7,13H2. The van der Waals surface area contributed by atoms with Crippen molar-refractivity contribution in [3.8, 4) is 0 Å². The second kappa shape index (κ2) is 4.47. The Labute approximate surface area is 98.2 Å². The highest BCUT2D eigenvalue weighted by molar-refractivity contribution is 6.21. The van der Waals surface area contributed by atoms with Gasteiger partial charge in [0.25, 0.3) is 11.8 Å². The fourth-order valence-electron chi connectivity index (χ4n) is 1.78. The minimum atomic E-state index is -0.338. The Kier molecular flexibility index (Phi) is 3.01. The fourth-order valence-corrected chi connectivity index (χ4v) is 1.78. The zero-order valence-corrected chi connectivity index (χ0v) is 9.18. The molecular weight excluding hydrogens is 220 g/mol. The molecule has 5 nitrogen and oxygen atoms in total. The fraction of sp³-hybridized carbons (Fsp3) is 0.250. The lowest BCUT2D eigenvalue weighted by Gasteiger charge is -2.12. The maximum absolute atomic E-state index is 11.9. The van der Waals surface area contributed by atoms with Crippen LogP contribution in [0.2, 0.25) is 0 Å². The molecule has 5 heteroatoms. The van der Waals surface area contributed by atoms with Crippen molar-refractivity contribution in [2.75, 3.05) is 13.1 Å². The monoisotopic (exact) mass is 232 g/mol. The summed E-state index contributed by atoms with van der Waals surface area (Å²) in [4.78, 5) is 35.9. The van der Waals surface area contributed by atoms with E-state index in [-0.39, 0.29) is 37.1 Å². The van der Waals surface area contributed by atoms with E-state index in [2.05, 4.69) is 0 Å².